The van der Waals surface area contributed by atoms with E-state index in [4.69, 9.17) is 21.4 Å². The van der Waals surface area contributed by atoms with Gasteiger partial charge in [-0.15, -0.1) is 0 Å². The van der Waals surface area contributed by atoms with Gasteiger partial charge in [-0.05, 0) is 26.0 Å². The normalized spacial score (nSPS) is 18.9. The summed E-state index contributed by atoms with van der Waals surface area (Å²) in [6, 6.07) is 3.82. The summed E-state index contributed by atoms with van der Waals surface area (Å²) in [6.07, 6.45) is 0.888. The van der Waals surface area contributed by atoms with Crippen LogP contribution in [0.2, 0.25) is 5.02 Å². The molecule has 0 radical (unpaired) electrons. The Morgan fingerprint density at radius 1 is 1.29 bits per heavy atom. The number of aliphatic hydroxyl groups excluding tert-OH is 1. The van der Waals surface area contributed by atoms with Crippen LogP contribution < -0.4 is 10.1 Å². The number of hydrogen-bond acceptors (Lipinski definition) is 6. The van der Waals surface area contributed by atoms with Crippen molar-refractivity contribution in [3.63, 3.8) is 0 Å². The minimum absolute atomic E-state index is 0.0510. The van der Waals surface area contributed by atoms with Gasteiger partial charge in [0.25, 0.3) is 5.91 Å². The van der Waals surface area contributed by atoms with Crippen LogP contribution in [0, 0.1) is 19.7 Å². The quantitative estimate of drug-likeness (QED) is 0.537. The fourth-order valence-electron chi connectivity index (χ4n) is 4.56. The summed E-state index contributed by atoms with van der Waals surface area (Å²) in [5.74, 6) is -0.835. The van der Waals surface area contributed by atoms with Crippen LogP contribution >= 0.6 is 11.6 Å². The van der Waals surface area contributed by atoms with Crippen molar-refractivity contribution in [2.75, 3.05) is 6.61 Å². The summed E-state index contributed by atoms with van der Waals surface area (Å²) in [4.78, 5) is 31.2. The van der Waals surface area contributed by atoms with Gasteiger partial charge in [-0.2, -0.15) is 5.10 Å². The molecule has 11 heteroatoms. The van der Waals surface area contributed by atoms with Crippen molar-refractivity contribution in [1.29, 1.82) is 0 Å². The Bertz CT molecular complexity index is 1340. The first-order valence-electron chi connectivity index (χ1n) is 11.4. The van der Waals surface area contributed by atoms with Crippen LogP contribution in [0.15, 0.2) is 18.2 Å². The van der Waals surface area contributed by atoms with Gasteiger partial charge in [0.1, 0.15) is 17.7 Å². The third-order valence-corrected chi connectivity index (χ3v) is 7.06. The number of fused-ring (bicyclic) bond motifs is 3. The van der Waals surface area contributed by atoms with E-state index in [0.717, 1.165) is 17.0 Å². The number of carbonyl (C=O) groups is 2. The number of nitrogens with one attached hydrogen (secondary N) is 1. The van der Waals surface area contributed by atoms with E-state index in [9.17, 15) is 14.0 Å². The molecule has 184 valence electrons. The number of halogens is 2. The highest BCUT2D eigenvalue weighted by Crippen LogP contribution is 2.33. The van der Waals surface area contributed by atoms with E-state index in [0.29, 0.717) is 42.3 Å². The third kappa shape index (κ3) is 4.32. The standard InChI is InChI=1S/C24H25ClFN5O4/c1-12-22(25)13(2)31-23(27-12)18-10-30(11-19(18)29-31)24(34)17-4-3-14(26)7-20(17)35-16-8-15(9-16)28-21(33)5-6-32/h3-4,7,15-16,32H,5-6,8-11H2,1-2H3,(H,28,33)/t15-,16-. The zero-order valence-electron chi connectivity index (χ0n) is 19.3. The number of rotatable bonds is 6. The molecule has 2 aliphatic rings. The molecule has 1 aromatic carbocycles. The third-order valence-electron chi connectivity index (χ3n) is 6.51. The second-order valence-electron chi connectivity index (χ2n) is 9.01. The van der Waals surface area contributed by atoms with Crippen molar-refractivity contribution >= 4 is 29.1 Å². The van der Waals surface area contributed by atoms with Gasteiger partial charge in [0.05, 0.1) is 47.4 Å². The Balaban J connectivity index is 1.31. The first kappa shape index (κ1) is 23.5. The Morgan fingerprint density at radius 2 is 2.06 bits per heavy atom. The maximum atomic E-state index is 14.0. The van der Waals surface area contributed by atoms with Crippen LogP contribution in [0.3, 0.4) is 0 Å². The minimum Gasteiger partial charge on any atom is -0.489 e. The number of ether oxygens (including phenoxy) is 1. The van der Waals surface area contributed by atoms with E-state index in [2.05, 4.69) is 15.4 Å². The van der Waals surface area contributed by atoms with Crippen molar-refractivity contribution in [3.8, 4) is 5.75 Å². The fourth-order valence-corrected chi connectivity index (χ4v) is 4.68. The molecule has 0 unspecified atom stereocenters. The summed E-state index contributed by atoms with van der Waals surface area (Å²) in [5.41, 5.74) is 4.05. The minimum atomic E-state index is -0.502. The number of nitrogens with zero attached hydrogens (tertiary/aromatic N) is 4. The molecule has 35 heavy (non-hydrogen) atoms. The summed E-state index contributed by atoms with van der Waals surface area (Å²) < 4.78 is 21.7. The van der Waals surface area contributed by atoms with Gasteiger partial charge in [0.2, 0.25) is 5.91 Å². The van der Waals surface area contributed by atoms with Gasteiger partial charge in [-0.1, -0.05) is 11.6 Å². The molecule has 3 aromatic rings. The Morgan fingerprint density at radius 3 is 2.80 bits per heavy atom. The number of aromatic nitrogens is 3. The number of benzene rings is 1. The summed E-state index contributed by atoms with van der Waals surface area (Å²) in [6.45, 7) is 4.12. The van der Waals surface area contributed by atoms with E-state index >= 15 is 0 Å². The monoisotopic (exact) mass is 501 g/mol. The molecular weight excluding hydrogens is 477 g/mol. The van der Waals surface area contributed by atoms with Gasteiger partial charge in [0.15, 0.2) is 5.65 Å². The predicted molar refractivity (Wildman–Crippen MR) is 125 cm³/mol. The van der Waals surface area contributed by atoms with Gasteiger partial charge in [0, 0.05) is 36.9 Å². The second kappa shape index (κ2) is 9.09. The molecule has 1 aliphatic heterocycles. The van der Waals surface area contributed by atoms with Crippen molar-refractivity contribution in [1.82, 2.24) is 24.8 Å². The molecule has 1 aliphatic carbocycles. The lowest BCUT2D eigenvalue weighted by molar-refractivity contribution is -0.123. The molecule has 0 bridgehead atoms. The number of aliphatic hydroxyl groups is 1. The molecule has 9 nitrogen and oxygen atoms in total. The van der Waals surface area contributed by atoms with Gasteiger partial charge in [-0.25, -0.2) is 13.9 Å². The lowest BCUT2D eigenvalue weighted by Crippen LogP contribution is -2.49. The number of aryl methyl sites for hydroxylation is 2. The van der Waals surface area contributed by atoms with Crippen LogP contribution in [-0.2, 0) is 17.9 Å². The highest BCUT2D eigenvalue weighted by atomic mass is 35.5. The number of carbonyl (C=O) groups excluding carboxylic acids is 2. The lowest BCUT2D eigenvalue weighted by atomic mass is 9.89. The molecule has 1 fully saturated rings. The number of hydrogen-bond donors (Lipinski definition) is 2. The molecule has 2 amide bonds. The predicted octanol–water partition coefficient (Wildman–Crippen LogP) is 2.70. The van der Waals surface area contributed by atoms with Crippen LogP contribution in [-0.4, -0.2) is 55.2 Å². The van der Waals surface area contributed by atoms with Crippen molar-refractivity contribution in [3.05, 3.63) is 57.2 Å². The molecule has 0 spiro atoms. The topological polar surface area (TPSA) is 109 Å². The lowest BCUT2D eigenvalue weighted by Gasteiger charge is -2.36. The average Bonchev–Trinajstić information content (AvgIpc) is 3.35. The summed E-state index contributed by atoms with van der Waals surface area (Å²) >= 11 is 6.31. The summed E-state index contributed by atoms with van der Waals surface area (Å²) in [7, 11) is 0. The van der Waals surface area contributed by atoms with Crippen LogP contribution in [0.4, 0.5) is 4.39 Å². The van der Waals surface area contributed by atoms with Crippen LogP contribution in [0.25, 0.3) is 5.65 Å². The van der Waals surface area contributed by atoms with Crippen molar-refractivity contribution in [2.45, 2.75) is 58.3 Å². The summed E-state index contributed by atoms with van der Waals surface area (Å²) in [5, 5.41) is 16.8. The molecule has 3 heterocycles. The second-order valence-corrected chi connectivity index (χ2v) is 9.39. The van der Waals surface area contributed by atoms with E-state index < -0.39 is 5.82 Å². The van der Waals surface area contributed by atoms with Crippen molar-refractivity contribution < 1.29 is 23.8 Å². The van der Waals surface area contributed by atoms with Gasteiger partial charge < -0.3 is 20.1 Å². The molecule has 1 saturated carbocycles. The zero-order valence-corrected chi connectivity index (χ0v) is 20.1. The van der Waals surface area contributed by atoms with Crippen molar-refractivity contribution in [2.24, 2.45) is 0 Å². The Hall–Kier alpha value is -3.24. The first-order chi connectivity index (χ1) is 16.7. The maximum absolute atomic E-state index is 14.0. The Labute approximate surface area is 205 Å². The number of amides is 2. The molecule has 5 rings (SSSR count). The molecule has 2 aromatic heterocycles. The molecule has 0 saturated heterocycles. The van der Waals surface area contributed by atoms with E-state index in [1.54, 1.807) is 9.42 Å². The van der Waals surface area contributed by atoms with E-state index in [1.165, 1.54) is 18.2 Å². The molecule has 0 atom stereocenters. The largest absolute Gasteiger partial charge is 0.489 e. The van der Waals surface area contributed by atoms with Crippen LogP contribution in [0.1, 0.15) is 52.3 Å². The molecule has 2 N–H and O–H groups in total. The van der Waals surface area contributed by atoms with E-state index in [1.807, 2.05) is 13.8 Å². The van der Waals surface area contributed by atoms with E-state index in [-0.39, 0.29) is 48.3 Å². The smallest absolute Gasteiger partial charge is 0.258 e. The van der Waals surface area contributed by atoms with Crippen LogP contribution in [0.5, 0.6) is 5.75 Å². The zero-order chi connectivity index (χ0) is 24.9. The highest BCUT2D eigenvalue weighted by Gasteiger charge is 2.35. The highest BCUT2D eigenvalue weighted by molar-refractivity contribution is 6.31. The van der Waals surface area contributed by atoms with Gasteiger partial charge in [-0.3, -0.25) is 9.59 Å². The SMILES string of the molecule is Cc1nc2c3c(nn2c(C)c1Cl)CN(C(=O)c1ccc(F)cc1O[C@H]1C[C@H](NC(=O)CCO)C1)C3. The average molecular weight is 502 g/mol. The Kier molecular flexibility index (Phi) is 6.10. The molecular formula is C24H25ClFN5O4. The first-order valence-corrected chi connectivity index (χ1v) is 11.8. The van der Waals surface area contributed by atoms with Gasteiger partial charge >= 0.3 is 0 Å². The maximum Gasteiger partial charge on any atom is 0.258 e. The fraction of sp³-hybridized carbons (Fsp3) is 0.417.